The van der Waals surface area contributed by atoms with E-state index in [0.717, 1.165) is 18.2 Å². The summed E-state index contributed by atoms with van der Waals surface area (Å²) >= 11 is 0. The van der Waals surface area contributed by atoms with E-state index in [0.29, 0.717) is 12.0 Å². The minimum absolute atomic E-state index is 0.00740. The van der Waals surface area contributed by atoms with Gasteiger partial charge in [0, 0.05) is 19.2 Å². The van der Waals surface area contributed by atoms with Gasteiger partial charge < -0.3 is 10.1 Å². The van der Waals surface area contributed by atoms with E-state index >= 15 is 0 Å². The maximum atomic E-state index is 14.3. The van der Waals surface area contributed by atoms with Gasteiger partial charge in [-0.25, -0.2) is 8.78 Å². The Kier molecular flexibility index (Phi) is 6.06. The Bertz CT molecular complexity index is 741. The van der Waals surface area contributed by atoms with Crippen LogP contribution in [-0.2, 0) is 20.0 Å². The van der Waals surface area contributed by atoms with Gasteiger partial charge in [0.1, 0.15) is 12.3 Å². The second kappa shape index (κ2) is 8.24. The topological polar surface area (TPSA) is 56.1 Å². The standard InChI is InChI=1S/C17H19F2N3O2/c1-3-13-10-14(22(2)21-13)17(23)20-11-12-6-4-7-15(16(12)19)24-9-5-8-18/h4-8,10H,3,9,11H2,1-2H3,(H,20,23). The van der Waals surface area contributed by atoms with Crippen LogP contribution in [0.5, 0.6) is 5.75 Å². The van der Waals surface area contributed by atoms with Gasteiger partial charge >= 0.3 is 0 Å². The molecule has 0 unspecified atom stereocenters. The molecule has 1 aromatic heterocycles. The van der Waals surface area contributed by atoms with Crippen molar-refractivity contribution in [2.45, 2.75) is 19.9 Å². The quantitative estimate of drug-likeness (QED) is 0.846. The molecule has 0 saturated carbocycles. The van der Waals surface area contributed by atoms with Crippen LogP contribution in [0.15, 0.2) is 36.7 Å². The van der Waals surface area contributed by atoms with Gasteiger partial charge in [-0.2, -0.15) is 5.10 Å². The highest BCUT2D eigenvalue weighted by atomic mass is 19.1. The van der Waals surface area contributed by atoms with Gasteiger partial charge in [-0.05, 0) is 24.6 Å². The van der Waals surface area contributed by atoms with E-state index < -0.39 is 5.82 Å². The Balaban J connectivity index is 2.04. The largest absolute Gasteiger partial charge is 0.486 e. The molecule has 5 nitrogen and oxygen atoms in total. The lowest BCUT2D eigenvalue weighted by Gasteiger charge is -2.10. The average molecular weight is 335 g/mol. The van der Waals surface area contributed by atoms with Gasteiger partial charge in [0.15, 0.2) is 11.6 Å². The van der Waals surface area contributed by atoms with E-state index in [1.807, 2.05) is 6.92 Å². The number of rotatable bonds is 7. The molecule has 0 bridgehead atoms. The zero-order valence-electron chi connectivity index (χ0n) is 13.6. The highest BCUT2D eigenvalue weighted by Gasteiger charge is 2.14. The molecule has 24 heavy (non-hydrogen) atoms. The van der Waals surface area contributed by atoms with Crippen molar-refractivity contribution >= 4 is 5.91 Å². The third-order valence-corrected chi connectivity index (χ3v) is 3.43. The summed E-state index contributed by atoms with van der Waals surface area (Å²) in [7, 11) is 1.68. The molecule has 1 aromatic carbocycles. The summed E-state index contributed by atoms with van der Waals surface area (Å²) < 4.78 is 32.8. The number of hydrogen-bond donors (Lipinski definition) is 1. The summed E-state index contributed by atoms with van der Waals surface area (Å²) in [4.78, 5) is 12.2. The van der Waals surface area contributed by atoms with Crippen LogP contribution in [0.3, 0.4) is 0 Å². The lowest BCUT2D eigenvalue weighted by molar-refractivity contribution is 0.0941. The molecule has 1 heterocycles. The van der Waals surface area contributed by atoms with E-state index in [1.165, 1.54) is 10.7 Å². The van der Waals surface area contributed by atoms with E-state index in [-0.39, 0.29) is 30.4 Å². The van der Waals surface area contributed by atoms with Crippen LogP contribution in [0.2, 0.25) is 0 Å². The summed E-state index contributed by atoms with van der Waals surface area (Å²) in [6.45, 7) is 1.88. The predicted octanol–water partition coefficient (Wildman–Crippen LogP) is 2.91. The third-order valence-electron chi connectivity index (χ3n) is 3.43. The van der Waals surface area contributed by atoms with Gasteiger partial charge in [-0.15, -0.1) is 0 Å². The fourth-order valence-corrected chi connectivity index (χ4v) is 2.16. The van der Waals surface area contributed by atoms with Crippen molar-refractivity contribution in [1.82, 2.24) is 15.1 Å². The number of ether oxygens (including phenoxy) is 1. The maximum absolute atomic E-state index is 14.3. The van der Waals surface area contributed by atoms with Crippen LogP contribution in [-0.4, -0.2) is 22.3 Å². The summed E-state index contributed by atoms with van der Waals surface area (Å²) in [6, 6.07) is 6.31. The van der Waals surface area contributed by atoms with Crippen molar-refractivity contribution in [2.75, 3.05) is 6.61 Å². The number of nitrogens with one attached hydrogen (secondary N) is 1. The summed E-state index contributed by atoms with van der Waals surface area (Å²) in [5.41, 5.74) is 1.50. The van der Waals surface area contributed by atoms with Gasteiger partial charge in [0.2, 0.25) is 0 Å². The van der Waals surface area contributed by atoms with Crippen molar-refractivity contribution < 1.29 is 18.3 Å². The minimum Gasteiger partial charge on any atom is -0.486 e. The zero-order valence-corrected chi connectivity index (χ0v) is 13.6. The number of halogens is 2. The van der Waals surface area contributed by atoms with Crippen molar-refractivity contribution in [3.8, 4) is 5.75 Å². The number of hydrogen-bond acceptors (Lipinski definition) is 3. The number of aromatic nitrogens is 2. The molecule has 0 aliphatic carbocycles. The van der Waals surface area contributed by atoms with Gasteiger partial charge in [0.25, 0.3) is 5.91 Å². The average Bonchev–Trinajstić information content (AvgIpc) is 2.96. The molecule has 128 valence electrons. The second-order valence-corrected chi connectivity index (χ2v) is 5.08. The molecule has 0 aliphatic rings. The number of benzene rings is 1. The molecule has 2 rings (SSSR count). The van der Waals surface area contributed by atoms with Gasteiger partial charge in [-0.3, -0.25) is 9.48 Å². The molecule has 1 amide bonds. The molecule has 0 atom stereocenters. The van der Waals surface area contributed by atoms with Gasteiger partial charge in [0.05, 0.1) is 12.0 Å². The molecule has 0 aliphatic heterocycles. The highest BCUT2D eigenvalue weighted by Crippen LogP contribution is 2.20. The molecule has 2 aromatic rings. The fourth-order valence-electron chi connectivity index (χ4n) is 2.16. The first-order chi connectivity index (χ1) is 11.6. The summed E-state index contributed by atoms with van der Waals surface area (Å²) in [5.74, 6) is -0.909. The molecule has 7 heteroatoms. The Hall–Kier alpha value is -2.70. The van der Waals surface area contributed by atoms with Gasteiger partial charge in [-0.1, -0.05) is 19.1 Å². The monoisotopic (exact) mass is 335 g/mol. The Morgan fingerprint density at radius 1 is 1.46 bits per heavy atom. The van der Waals surface area contributed by atoms with Crippen molar-refractivity contribution in [2.24, 2.45) is 7.05 Å². The molecule has 0 fully saturated rings. The Labute approximate surface area is 138 Å². The molecular weight excluding hydrogens is 316 g/mol. The molecule has 0 spiro atoms. The Morgan fingerprint density at radius 3 is 2.92 bits per heavy atom. The first kappa shape index (κ1) is 17.7. The number of aryl methyl sites for hydroxylation is 2. The number of carbonyl (C=O) groups is 1. The molecule has 0 saturated heterocycles. The van der Waals surface area contributed by atoms with Crippen LogP contribution >= 0.6 is 0 Å². The first-order valence-corrected chi connectivity index (χ1v) is 7.53. The minimum atomic E-state index is -0.579. The Morgan fingerprint density at radius 2 is 2.25 bits per heavy atom. The third kappa shape index (κ3) is 4.18. The van der Waals surface area contributed by atoms with E-state index in [9.17, 15) is 13.6 Å². The highest BCUT2D eigenvalue weighted by molar-refractivity contribution is 5.92. The van der Waals surface area contributed by atoms with Crippen molar-refractivity contribution in [3.05, 3.63) is 59.4 Å². The smallest absolute Gasteiger partial charge is 0.269 e. The molecule has 0 radical (unpaired) electrons. The van der Waals surface area contributed by atoms with E-state index in [1.54, 1.807) is 25.2 Å². The predicted molar refractivity (Wildman–Crippen MR) is 85.9 cm³/mol. The van der Waals surface area contributed by atoms with Crippen molar-refractivity contribution in [3.63, 3.8) is 0 Å². The fraction of sp³-hybridized carbons (Fsp3) is 0.294. The van der Waals surface area contributed by atoms with Crippen LogP contribution in [0.1, 0.15) is 28.7 Å². The summed E-state index contributed by atoms with van der Waals surface area (Å²) in [5, 5.41) is 6.86. The summed E-state index contributed by atoms with van der Waals surface area (Å²) in [6.07, 6.45) is 2.19. The molecular formula is C17H19F2N3O2. The van der Waals surface area contributed by atoms with Crippen LogP contribution in [0, 0.1) is 5.82 Å². The van der Waals surface area contributed by atoms with Crippen LogP contribution in [0.4, 0.5) is 8.78 Å². The van der Waals surface area contributed by atoms with Crippen LogP contribution < -0.4 is 10.1 Å². The second-order valence-electron chi connectivity index (χ2n) is 5.08. The number of amides is 1. The van der Waals surface area contributed by atoms with Crippen molar-refractivity contribution in [1.29, 1.82) is 0 Å². The lowest BCUT2D eigenvalue weighted by Crippen LogP contribution is -2.25. The van der Waals surface area contributed by atoms with E-state index in [2.05, 4.69) is 10.4 Å². The number of carbonyl (C=O) groups excluding carboxylic acids is 1. The van der Waals surface area contributed by atoms with Crippen LogP contribution in [0.25, 0.3) is 0 Å². The van der Waals surface area contributed by atoms with E-state index in [4.69, 9.17) is 4.74 Å². The normalized spacial score (nSPS) is 11.0. The first-order valence-electron chi connectivity index (χ1n) is 7.53. The zero-order chi connectivity index (χ0) is 17.5. The lowest BCUT2D eigenvalue weighted by atomic mass is 10.2. The SMILES string of the molecule is CCc1cc(C(=O)NCc2cccc(OCC=CF)c2F)n(C)n1. The molecule has 1 N–H and O–H groups in total. The number of nitrogens with zero attached hydrogens (tertiary/aromatic N) is 2. The maximum Gasteiger partial charge on any atom is 0.269 e.